The van der Waals surface area contributed by atoms with Gasteiger partial charge in [-0.15, -0.1) is 0 Å². The quantitative estimate of drug-likeness (QED) is 0.546. The van der Waals surface area contributed by atoms with Crippen molar-refractivity contribution in [2.75, 3.05) is 31.5 Å². The monoisotopic (exact) mass is 411 g/mol. The predicted octanol–water partition coefficient (Wildman–Crippen LogP) is 3.65. The summed E-state index contributed by atoms with van der Waals surface area (Å²) in [5, 5.41) is 5.79. The first-order chi connectivity index (χ1) is 12.0. The van der Waals surface area contributed by atoms with E-state index in [1.165, 1.54) is 0 Å². The van der Waals surface area contributed by atoms with Crippen LogP contribution in [0.2, 0.25) is 0 Å². The number of benzene rings is 1. The molecule has 0 aliphatic carbocycles. The molecule has 2 N–H and O–H groups in total. The lowest BCUT2D eigenvalue weighted by atomic mass is 10.1. The summed E-state index contributed by atoms with van der Waals surface area (Å²) in [4.78, 5) is 26.3. The Labute approximate surface area is 159 Å². The maximum absolute atomic E-state index is 12.1. The Kier molecular flexibility index (Phi) is 10.4. The molecule has 2 amide bonds. The molecule has 0 heterocycles. The van der Waals surface area contributed by atoms with Crippen LogP contribution in [0.15, 0.2) is 24.3 Å². The van der Waals surface area contributed by atoms with Crippen LogP contribution in [0.25, 0.3) is 0 Å². The summed E-state index contributed by atoms with van der Waals surface area (Å²) in [7, 11) is 0. The summed E-state index contributed by atoms with van der Waals surface area (Å²) in [5.74, 6) is -0.142. The molecule has 0 aromatic heterocycles. The van der Waals surface area contributed by atoms with Gasteiger partial charge in [0, 0.05) is 24.3 Å². The van der Waals surface area contributed by atoms with Gasteiger partial charge in [0.1, 0.15) is 0 Å². The van der Waals surface area contributed by atoms with Crippen molar-refractivity contribution in [2.45, 2.75) is 44.9 Å². The number of alkyl halides is 1. The van der Waals surface area contributed by atoms with Gasteiger partial charge in [-0.1, -0.05) is 49.5 Å². The normalized spacial score (nSPS) is 12.0. The molecule has 0 aliphatic rings. The minimum Gasteiger partial charge on any atom is -0.351 e. The molecule has 0 radical (unpaired) electrons. The second kappa shape index (κ2) is 12.0. The SMILES string of the molecule is CCCCC(Br)C(=O)Nc1ccc(C(=O)NCCN(CC)CC)cc1. The van der Waals surface area contributed by atoms with Gasteiger partial charge in [0.2, 0.25) is 5.91 Å². The fourth-order valence-corrected chi connectivity index (χ4v) is 2.85. The smallest absolute Gasteiger partial charge is 0.251 e. The topological polar surface area (TPSA) is 61.4 Å². The number of likely N-dealkylation sites (N-methyl/N-ethyl adjacent to an activating group) is 1. The molecule has 1 aromatic rings. The summed E-state index contributed by atoms with van der Waals surface area (Å²) in [6, 6.07) is 6.99. The minimum atomic E-state index is -0.185. The molecular weight excluding hydrogens is 382 g/mol. The second-order valence-corrected chi connectivity index (χ2v) is 7.06. The lowest BCUT2D eigenvalue weighted by Crippen LogP contribution is -2.34. The van der Waals surface area contributed by atoms with Crippen molar-refractivity contribution in [1.29, 1.82) is 0 Å². The van der Waals surface area contributed by atoms with Gasteiger partial charge in [0.05, 0.1) is 4.83 Å². The van der Waals surface area contributed by atoms with Gasteiger partial charge in [0.25, 0.3) is 5.91 Å². The number of rotatable bonds is 11. The van der Waals surface area contributed by atoms with Crippen molar-refractivity contribution in [3.63, 3.8) is 0 Å². The fraction of sp³-hybridized carbons (Fsp3) is 0.579. The van der Waals surface area contributed by atoms with E-state index >= 15 is 0 Å². The van der Waals surface area contributed by atoms with E-state index in [2.05, 4.69) is 52.2 Å². The van der Waals surface area contributed by atoms with E-state index in [0.29, 0.717) is 17.8 Å². The largest absolute Gasteiger partial charge is 0.351 e. The molecule has 0 fully saturated rings. The first kappa shape index (κ1) is 21.6. The Bertz CT molecular complexity index is 530. The van der Waals surface area contributed by atoms with E-state index in [0.717, 1.165) is 38.9 Å². The number of amides is 2. The number of anilines is 1. The highest BCUT2D eigenvalue weighted by molar-refractivity contribution is 9.10. The molecule has 6 heteroatoms. The molecule has 0 bridgehead atoms. The lowest BCUT2D eigenvalue weighted by Gasteiger charge is -2.18. The number of nitrogens with zero attached hydrogens (tertiary/aromatic N) is 1. The van der Waals surface area contributed by atoms with Crippen LogP contribution in [0.3, 0.4) is 0 Å². The molecule has 1 rings (SSSR count). The lowest BCUT2D eigenvalue weighted by molar-refractivity contribution is -0.115. The highest BCUT2D eigenvalue weighted by Gasteiger charge is 2.14. The van der Waals surface area contributed by atoms with Crippen molar-refractivity contribution in [1.82, 2.24) is 10.2 Å². The van der Waals surface area contributed by atoms with Crippen molar-refractivity contribution < 1.29 is 9.59 Å². The van der Waals surface area contributed by atoms with E-state index in [9.17, 15) is 9.59 Å². The van der Waals surface area contributed by atoms with Crippen LogP contribution < -0.4 is 10.6 Å². The second-order valence-electron chi connectivity index (χ2n) is 5.96. The van der Waals surface area contributed by atoms with Crippen LogP contribution in [0.5, 0.6) is 0 Å². The van der Waals surface area contributed by atoms with Crippen molar-refractivity contribution in [3.8, 4) is 0 Å². The van der Waals surface area contributed by atoms with E-state index < -0.39 is 0 Å². The summed E-state index contributed by atoms with van der Waals surface area (Å²) >= 11 is 3.41. The Morgan fingerprint density at radius 1 is 1.12 bits per heavy atom. The van der Waals surface area contributed by atoms with Crippen molar-refractivity contribution in [3.05, 3.63) is 29.8 Å². The molecule has 0 saturated heterocycles. The van der Waals surface area contributed by atoms with E-state index in [-0.39, 0.29) is 16.6 Å². The number of carbonyl (C=O) groups excluding carboxylic acids is 2. The zero-order valence-corrected chi connectivity index (χ0v) is 17.1. The van der Waals surface area contributed by atoms with Gasteiger partial charge < -0.3 is 15.5 Å². The first-order valence-corrected chi connectivity index (χ1v) is 9.98. The number of carbonyl (C=O) groups is 2. The highest BCUT2D eigenvalue weighted by Crippen LogP contribution is 2.15. The summed E-state index contributed by atoms with van der Waals surface area (Å²) < 4.78 is 0. The first-order valence-electron chi connectivity index (χ1n) is 9.07. The number of halogens is 1. The van der Waals surface area contributed by atoms with Crippen LogP contribution in [-0.4, -0.2) is 47.7 Å². The number of hydrogen-bond acceptors (Lipinski definition) is 3. The molecule has 0 spiro atoms. The standard InChI is InChI=1S/C19H30BrN3O2/c1-4-7-8-17(20)19(25)22-16-11-9-15(10-12-16)18(24)21-13-14-23(5-2)6-3/h9-12,17H,4-8,13-14H2,1-3H3,(H,21,24)(H,22,25). The predicted molar refractivity (Wildman–Crippen MR) is 107 cm³/mol. The molecular formula is C19H30BrN3O2. The van der Waals surface area contributed by atoms with E-state index in [1.807, 2.05) is 0 Å². The van der Waals surface area contributed by atoms with Crippen LogP contribution in [0, 0.1) is 0 Å². The van der Waals surface area contributed by atoms with Crippen LogP contribution in [-0.2, 0) is 4.79 Å². The Morgan fingerprint density at radius 3 is 2.32 bits per heavy atom. The van der Waals surface area contributed by atoms with Gasteiger partial charge in [-0.3, -0.25) is 9.59 Å². The van der Waals surface area contributed by atoms with Gasteiger partial charge in [-0.25, -0.2) is 0 Å². The third kappa shape index (κ3) is 8.01. The van der Waals surface area contributed by atoms with Crippen molar-refractivity contribution >= 4 is 33.4 Å². The zero-order valence-electron chi connectivity index (χ0n) is 15.5. The number of unbranched alkanes of at least 4 members (excludes halogenated alkanes) is 1. The maximum atomic E-state index is 12.1. The Balaban J connectivity index is 2.47. The van der Waals surface area contributed by atoms with Gasteiger partial charge in [-0.05, 0) is 43.8 Å². The third-order valence-electron chi connectivity index (χ3n) is 4.12. The molecule has 140 valence electrons. The molecule has 5 nitrogen and oxygen atoms in total. The molecule has 1 aromatic carbocycles. The molecule has 25 heavy (non-hydrogen) atoms. The molecule has 1 atom stereocenters. The average Bonchev–Trinajstić information content (AvgIpc) is 2.63. The fourth-order valence-electron chi connectivity index (χ4n) is 2.41. The molecule has 1 unspecified atom stereocenters. The number of hydrogen-bond donors (Lipinski definition) is 2. The number of nitrogens with one attached hydrogen (secondary N) is 2. The maximum Gasteiger partial charge on any atom is 0.251 e. The van der Waals surface area contributed by atoms with Gasteiger partial charge in [0.15, 0.2) is 0 Å². The minimum absolute atomic E-state index is 0.0510. The van der Waals surface area contributed by atoms with Gasteiger partial charge >= 0.3 is 0 Å². The highest BCUT2D eigenvalue weighted by atomic mass is 79.9. The van der Waals surface area contributed by atoms with Crippen LogP contribution >= 0.6 is 15.9 Å². The summed E-state index contributed by atoms with van der Waals surface area (Å²) in [6.07, 6.45) is 2.89. The summed E-state index contributed by atoms with van der Waals surface area (Å²) in [6.45, 7) is 9.75. The zero-order chi connectivity index (χ0) is 18.7. The molecule has 0 aliphatic heterocycles. The van der Waals surface area contributed by atoms with Crippen LogP contribution in [0.1, 0.15) is 50.4 Å². The third-order valence-corrected chi connectivity index (χ3v) is 4.99. The van der Waals surface area contributed by atoms with E-state index in [4.69, 9.17) is 0 Å². The molecule has 0 saturated carbocycles. The summed E-state index contributed by atoms with van der Waals surface area (Å²) in [5.41, 5.74) is 1.30. The van der Waals surface area contributed by atoms with E-state index in [1.54, 1.807) is 24.3 Å². The Morgan fingerprint density at radius 2 is 1.76 bits per heavy atom. The van der Waals surface area contributed by atoms with Crippen molar-refractivity contribution in [2.24, 2.45) is 0 Å². The van der Waals surface area contributed by atoms with Crippen LogP contribution in [0.4, 0.5) is 5.69 Å². The van der Waals surface area contributed by atoms with Gasteiger partial charge in [-0.2, -0.15) is 0 Å². The Hall–Kier alpha value is -1.40. The average molecular weight is 412 g/mol.